The van der Waals surface area contributed by atoms with E-state index in [1.54, 1.807) is 7.11 Å². The number of hydrogen-bond donors (Lipinski definition) is 1. The number of methoxy groups -OCH3 is 1. The van der Waals surface area contributed by atoms with E-state index in [9.17, 15) is 0 Å². The molecule has 0 saturated carbocycles. The Hall–Kier alpha value is -0.740. The summed E-state index contributed by atoms with van der Waals surface area (Å²) < 4.78 is 6.49. The minimum absolute atomic E-state index is 0.589. The standard InChI is InChI=1S/C15H23BrN2O/c1-3-5-12-11-18(9-4-8-17-12)15-10-13(19-2)6-7-14(15)16/h6-7,10,12,17H,3-5,8-9,11H2,1-2H3. The van der Waals surface area contributed by atoms with Gasteiger partial charge < -0.3 is 15.0 Å². The maximum Gasteiger partial charge on any atom is 0.121 e. The van der Waals surface area contributed by atoms with Crippen molar-refractivity contribution in [3.8, 4) is 5.75 Å². The Kier molecular flexibility index (Phi) is 5.52. The molecule has 0 aliphatic carbocycles. The second kappa shape index (κ2) is 7.15. The van der Waals surface area contributed by atoms with Gasteiger partial charge >= 0.3 is 0 Å². The Morgan fingerprint density at radius 3 is 3.05 bits per heavy atom. The molecule has 19 heavy (non-hydrogen) atoms. The third-order valence-corrected chi connectivity index (χ3v) is 4.28. The zero-order chi connectivity index (χ0) is 13.7. The number of ether oxygens (including phenoxy) is 1. The van der Waals surface area contributed by atoms with E-state index in [1.165, 1.54) is 24.9 Å². The zero-order valence-electron chi connectivity index (χ0n) is 11.8. The van der Waals surface area contributed by atoms with Gasteiger partial charge in [0.05, 0.1) is 12.8 Å². The number of benzene rings is 1. The van der Waals surface area contributed by atoms with Gasteiger partial charge in [0.15, 0.2) is 0 Å². The van der Waals surface area contributed by atoms with Crippen LogP contribution in [0.5, 0.6) is 5.75 Å². The second-order valence-corrected chi connectivity index (χ2v) is 5.91. The molecule has 1 heterocycles. The Balaban J connectivity index is 2.18. The normalized spacial score (nSPS) is 20.2. The van der Waals surface area contributed by atoms with Crippen LogP contribution in [0.2, 0.25) is 0 Å². The molecule has 1 aromatic rings. The molecule has 106 valence electrons. The number of hydrogen-bond acceptors (Lipinski definition) is 3. The van der Waals surface area contributed by atoms with Crippen molar-refractivity contribution in [1.29, 1.82) is 0 Å². The van der Waals surface area contributed by atoms with Gasteiger partial charge in [-0.15, -0.1) is 0 Å². The summed E-state index contributed by atoms with van der Waals surface area (Å²) in [4.78, 5) is 2.47. The van der Waals surface area contributed by atoms with Gasteiger partial charge in [-0.3, -0.25) is 0 Å². The molecule has 2 rings (SSSR count). The van der Waals surface area contributed by atoms with Crippen LogP contribution in [-0.4, -0.2) is 32.8 Å². The van der Waals surface area contributed by atoms with Crippen LogP contribution in [0.3, 0.4) is 0 Å². The monoisotopic (exact) mass is 326 g/mol. The minimum Gasteiger partial charge on any atom is -0.497 e. The predicted molar refractivity (Wildman–Crippen MR) is 84.2 cm³/mol. The van der Waals surface area contributed by atoms with Gasteiger partial charge in [0, 0.05) is 29.7 Å². The van der Waals surface area contributed by atoms with Crippen molar-refractivity contribution < 1.29 is 4.74 Å². The lowest BCUT2D eigenvalue weighted by Crippen LogP contribution is -2.37. The highest BCUT2D eigenvalue weighted by atomic mass is 79.9. The lowest BCUT2D eigenvalue weighted by Gasteiger charge is -2.27. The van der Waals surface area contributed by atoms with Gasteiger partial charge in [0.25, 0.3) is 0 Å². The third kappa shape index (κ3) is 3.86. The van der Waals surface area contributed by atoms with Crippen molar-refractivity contribution in [2.75, 3.05) is 31.6 Å². The molecule has 0 radical (unpaired) electrons. The molecule has 1 N–H and O–H groups in total. The molecule has 1 fully saturated rings. The minimum atomic E-state index is 0.589. The van der Waals surface area contributed by atoms with E-state index in [2.05, 4.69) is 45.2 Å². The fourth-order valence-corrected chi connectivity index (χ4v) is 3.12. The molecule has 4 heteroatoms. The molecule has 1 aliphatic heterocycles. The number of rotatable bonds is 4. The first-order valence-corrected chi connectivity index (χ1v) is 7.85. The molecule has 1 saturated heterocycles. The van der Waals surface area contributed by atoms with Crippen LogP contribution >= 0.6 is 15.9 Å². The number of halogens is 1. The third-order valence-electron chi connectivity index (χ3n) is 3.61. The summed E-state index contributed by atoms with van der Waals surface area (Å²) in [5.41, 5.74) is 1.24. The van der Waals surface area contributed by atoms with Crippen molar-refractivity contribution in [2.45, 2.75) is 32.2 Å². The fourth-order valence-electron chi connectivity index (χ4n) is 2.62. The van der Waals surface area contributed by atoms with Crippen LogP contribution in [0.4, 0.5) is 5.69 Å². The quantitative estimate of drug-likeness (QED) is 0.917. The molecule has 0 amide bonds. The Labute approximate surface area is 124 Å². The first kappa shape index (κ1) is 14.7. The topological polar surface area (TPSA) is 24.5 Å². The lowest BCUT2D eigenvalue weighted by atomic mass is 10.1. The summed E-state index contributed by atoms with van der Waals surface area (Å²) >= 11 is 3.66. The van der Waals surface area contributed by atoms with Gasteiger partial charge in [-0.2, -0.15) is 0 Å². The van der Waals surface area contributed by atoms with Gasteiger partial charge in [0.2, 0.25) is 0 Å². The number of nitrogens with zero attached hydrogens (tertiary/aromatic N) is 1. The lowest BCUT2D eigenvalue weighted by molar-refractivity contribution is 0.414. The highest BCUT2D eigenvalue weighted by Gasteiger charge is 2.19. The van der Waals surface area contributed by atoms with Crippen LogP contribution in [0.25, 0.3) is 0 Å². The molecule has 0 bridgehead atoms. The number of anilines is 1. The smallest absolute Gasteiger partial charge is 0.121 e. The van der Waals surface area contributed by atoms with E-state index in [-0.39, 0.29) is 0 Å². The van der Waals surface area contributed by atoms with Gasteiger partial charge in [-0.25, -0.2) is 0 Å². The van der Waals surface area contributed by atoms with Gasteiger partial charge in [-0.05, 0) is 47.4 Å². The zero-order valence-corrected chi connectivity index (χ0v) is 13.4. The van der Waals surface area contributed by atoms with Crippen LogP contribution < -0.4 is 15.0 Å². The number of nitrogens with one attached hydrogen (secondary N) is 1. The predicted octanol–water partition coefficient (Wildman–Crippen LogP) is 3.43. The fraction of sp³-hybridized carbons (Fsp3) is 0.600. The average molecular weight is 327 g/mol. The Morgan fingerprint density at radius 1 is 1.47 bits per heavy atom. The summed E-state index contributed by atoms with van der Waals surface area (Å²) in [5.74, 6) is 0.919. The van der Waals surface area contributed by atoms with Gasteiger partial charge in [-0.1, -0.05) is 13.3 Å². The average Bonchev–Trinajstić information content (AvgIpc) is 2.65. The largest absolute Gasteiger partial charge is 0.497 e. The first-order chi connectivity index (χ1) is 9.24. The molecule has 1 aromatic carbocycles. The molecule has 1 unspecified atom stereocenters. The molecule has 1 atom stereocenters. The van der Waals surface area contributed by atoms with E-state index < -0.39 is 0 Å². The summed E-state index contributed by atoms with van der Waals surface area (Å²) in [6.45, 7) is 5.53. The van der Waals surface area contributed by atoms with E-state index >= 15 is 0 Å². The highest BCUT2D eigenvalue weighted by molar-refractivity contribution is 9.10. The maximum atomic E-state index is 5.34. The van der Waals surface area contributed by atoms with Crippen molar-refractivity contribution in [1.82, 2.24) is 5.32 Å². The van der Waals surface area contributed by atoms with Crippen LogP contribution in [-0.2, 0) is 0 Å². The Morgan fingerprint density at radius 2 is 2.32 bits per heavy atom. The molecule has 0 spiro atoms. The van der Waals surface area contributed by atoms with E-state index in [1.807, 2.05) is 6.07 Å². The molecular formula is C15H23BrN2O. The second-order valence-electron chi connectivity index (χ2n) is 5.06. The van der Waals surface area contributed by atoms with Crippen molar-refractivity contribution in [2.24, 2.45) is 0 Å². The molecular weight excluding hydrogens is 304 g/mol. The van der Waals surface area contributed by atoms with Crippen molar-refractivity contribution in [3.05, 3.63) is 22.7 Å². The molecule has 0 aromatic heterocycles. The van der Waals surface area contributed by atoms with E-state index in [0.29, 0.717) is 6.04 Å². The summed E-state index contributed by atoms with van der Waals surface area (Å²) in [6, 6.07) is 6.78. The Bertz CT molecular complexity index is 411. The van der Waals surface area contributed by atoms with Crippen LogP contribution in [0.15, 0.2) is 22.7 Å². The van der Waals surface area contributed by atoms with Crippen molar-refractivity contribution >= 4 is 21.6 Å². The molecule has 1 aliphatic rings. The summed E-state index contributed by atoms with van der Waals surface area (Å²) in [6.07, 6.45) is 3.65. The molecule has 3 nitrogen and oxygen atoms in total. The van der Waals surface area contributed by atoms with Gasteiger partial charge in [0.1, 0.15) is 5.75 Å². The first-order valence-electron chi connectivity index (χ1n) is 7.06. The van der Waals surface area contributed by atoms with Crippen molar-refractivity contribution in [3.63, 3.8) is 0 Å². The summed E-state index contributed by atoms with van der Waals surface area (Å²) in [7, 11) is 1.72. The van der Waals surface area contributed by atoms with E-state index in [0.717, 1.165) is 29.9 Å². The van der Waals surface area contributed by atoms with Crippen LogP contribution in [0.1, 0.15) is 26.2 Å². The van der Waals surface area contributed by atoms with E-state index in [4.69, 9.17) is 4.74 Å². The highest BCUT2D eigenvalue weighted by Crippen LogP contribution is 2.31. The summed E-state index contributed by atoms with van der Waals surface area (Å²) in [5, 5.41) is 3.64. The van der Waals surface area contributed by atoms with Crippen LogP contribution in [0, 0.1) is 0 Å². The SMILES string of the molecule is CCCC1CN(c2cc(OC)ccc2Br)CCCN1. The maximum absolute atomic E-state index is 5.34.